The smallest absolute Gasteiger partial charge is 0.192 e. The lowest BCUT2D eigenvalue weighted by molar-refractivity contribution is 0.472. The summed E-state index contributed by atoms with van der Waals surface area (Å²) in [5.41, 5.74) is 0.888. The SMILES string of the molecule is CS(=O)(=O)c1ccc(NCC2CC3C=CC2C3)cn1. The van der Waals surface area contributed by atoms with Gasteiger partial charge in [-0.2, -0.15) is 0 Å². The number of sulfone groups is 1. The van der Waals surface area contributed by atoms with Crippen LogP contribution in [0.25, 0.3) is 0 Å². The molecule has 4 nitrogen and oxygen atoms in total. The monoisotopic (exact) mass is 278 g/mol. The minimum Gasteiger partial charge on any atom is -0.383 e. The van der Waals surface area contributed by atoms with Gasteiger partial charge in [0.05, 0.1) is 11.9 Å². The van der Waals surface area contributed by atoms with E-state index in [2.05, 4.69) is 22.5 Å². The molecule has 3 unspecified atom stereocenters. The van der Waals surface area contributed by atoms with Crippen LogP contribution in [0.1, 0.15) is 12.8 Å². The van der Waals surface area contributed by atoms with Crippen LogP contribution in [-0.2, 0) is 9.84 Å². The van der Waals surface area contributed by atoms with Gasteiger partial charge in [0.1, 0.15) is 0 Å². The molecule has 19 heavy (non-hydrogen) atoms. The summed E-state index contributed by atoms with van der Waals surface area (Å²) >= 11 is 0. The molecule has 2 aliphatic carbocycles. The molecule has 2 aliphatic rings. The van der Waals surface area contributed by atoms with Crippen molar-refractivity contribution in [1.82, 2.24) is 4.98 Å². The summed E-state index contributed by atoms with van der Waals surface area (Å²) in [6.07, 6.45) is 10.0. The molecule has 1 saturated carbocycles. The Morgan fingerprint density at radius 2 is 2.16 bits per heavy atom. The molecule has 0 aromatic carbocycles. The molecule has 1 N–H and O–H groups in total. The summed E-state index contributed by atoms with van der Waals surface area (Å²) in [6.45, 7) is 0.936. The van der Waals surface area contributed by atoms with E-state index in [0.29, 0.717) is 5.92 Å². The summed E-state index contributed by atoms with van der Waals surface area (Å²) in [4.78, 5) is 3.98. The van der Waals surface area contributed by atoms with Crippen molar-refractivity contribution in [1.29, 1.82) is 0 Å². The molecule has 102 valence electrons. The Labute approximate surface area is 113 Å². The quantitative estimate of drug-likeness (QED) is 0.857. The van der Waals surface area contributed by atoms with Gasteiger partial charge < -0.3 is 5.32 Å². The zero-order valence-corrected chi connectivity index (χ0v) is 11.7. The van der Waals surface area contributed by atoms with Crippen molar-refractivity contribution in [3.8, 4) is 0 Å². The van der Waals surface area contributed by atoms with Crippen molar-refractivity contribution in [2.24, 2.45) is 17.8 Å². The first-order valence-corrected chi connectivity index (χ1v) is 8.50. The maximum atomic E-state index is 11.3. The number of hydrogen-bond acceptors (Lipinski definition) is 4. The van der Waals surface area contributed by atoms with Gasteiger partial charge in [-0.25, -0.2) is 13.4 Å². The number of anilines is 1. The highest BCUT2D eigenvalue weighted by molar-refractivity contribution is 7.90. The summed E-state index contributed by atoms with van der Waals surface area (Å²) in [5, 5.41) is 3.48. The van der Waals surface area contributed by atoms with E-state index in [1.165, 1.54) is 19.1 Å². The number of rotatable bonds is 4. The largest absolute Gasteiger partial charge is 0.383 e. The minimum atomic E-state index is -3.21. The van der Waals surface area contributed by atoms with Crippen molar-refractivity contribution in [3.05, 3.63) is 30.5 Å². The lowest BCUT2D eigenvalue weighted by Gasteiger charge is -2.19. The van der Waals surface area contributed by atoms with Gasteiger partial charge in [-0.1, -0.05) is 12.2 Å². The van der Waals surface area contributed by atoms with Crippen LogP contribution in [0.5, 0.6) is 0 Å². The number of allylic oxidation sites excluding steroid dienone is 2. The third kappa shape index (κ3) is 2.66. The van der Waals surface area contributed by atoms with Crippen molar-refractivity contribution in [2.45, 2.75) is 17.9 Å². The van der Waals surface area contributed by atoms with E-state index in [-0.39, 0.29) is 5.03 Å². The lowest BCUT2D eigenvalue weighted by atomic mass is 9.93. The van der Waals surface area contributed by atoms with Crippen LogP contribution in [0.4, 0.5) is 5.69 Å². The van der Waals surface area contributed by atoms with Crippen molar-refractivity contribution >= 4 is 15.5 Å². The Hall–Kier alpha value is -1.36. The molecule has 1 aromatic rings. The predicted molar refractivity (Wildman–Crippen MR) is 74.7 cm³/mol. The number of hydrogen-bond donors (Lipinski definition) is 1. The van der Waals surface area contributed by atoms with Gasteiger partial charge in [-0.15, -0.1) is 0 Å². The Balaban J connectivity index is 1.60. The molecular formula is C14H18N2O2S. The summed E-state index contributed by atoms with van der Waals surface area (Å²) in [6, 6.07) is 3.34. The second-order valence-electron chi connectivity index (χ2n) is 5.58. The van der Waals surface area contributed by atoms with E-state index in [4.69, 9.17) is 0 Å². The maximum Gasteiger partial charge on any atom is 0.192 e. The molecule has 0 radical (unpaired) electrons. The van der Waals surface area contributed by atoms with E-state index in [1.807, 2.05) is 0 Å². The molecule has 2 bridgehead atoms. The third-order valence-corrected chi connectivity index (χ3v) is 5.10. The fourth-order valence-corrected chi connectivity index (χ4v) is 3.64. The normalized spacial score (nSPS) is 28.8. The number of fused-ring (bicyclic) bond motifs is 2. The van der Waals surface area contributed by atoms with Gasteiger partial charge in [-0.05, 0) is 42.7 Å². The first kappa shape index (κ1) is 12.7. The number of aromatic nitrogens is 1. The van der Waals surface area contributed by atoms with Gasteiger partial charge in [0.25, 0.3) is 0 Å². The van der Waals surface area contributed by atoms with Gasteiger partial charge in [0, 0.05) is 12.8 Å². The molecule has 0 aliphatic heterocycles. The molecule has 3 rings (SSSR count). The minimum absolute atomic E-state index is 0.126. The molecule has 1 heterocycles. The third-order valence-electron chi connectivity index (χ3n) is 4.10. The summed E-state index contributed by atoms with van der Waals surface area (Å²) < 4.78 is 22.6. The van der Waals surface area contributed by atoms with Gasteiger partial charge >= 0.3 is 0 Å². The average molecular weight is 278 g/mol. The first-order valence-electron chi connectivity index (χ1n) is 6.60. The van der Waals surface area contributed by atoms with E-state index >= 15 is 0 Å². The Morgan fingerprint density at radius 3 is 2.68 bits per heavy atom. The lowest BCUT2D eigenvalue weighted by Crippen LogP contribution is -2.18. The van der Waals surface area contributed by atoms with Crippen LogP contribution in [0.15, 0.2) is 35.5 Å². The molecule has 1 aromatic heterocycles. The molecule has 3 atom stereocenters. The highest BCUT2D eigenvalue weighted by Crippen LogP contribution is 2.43. The highest BCUT2D eigenvalue weighted by atomic mass is 32.2. The Morgan fingerprint density at radius 1 is 1.32 bits per heavy atom. The van der Waals surface area contributed by atoms with Crippen LogP contribution in [0, 0.1) is 17.8 Å². The van der Waals surface area contributed by atoms with Crippen molar-refractivity contribution in [3.63, 3.8) is 0 Å². The van der Waals surface area contributed by atoms with Crippen LogP contribution in [0.3, 0.4) is 0 Å². The van der Waals surface area contributed by atoms with Crippen LogP contribution >= 0.6 is 0 Å². The second-order valence-corrected chi connectivity index (χ2v) is 7.54. The van der Waals surface area contributed by atoms with E-state index in [1.54, 1.807) is 18.3 Å². The molecule has 5 heteroatoms. The molecule has 1 fully saturated rings. The number of nitrogens with one attached hydrogen (secondary N) is 1. The van der Waals surface area contributed by atoms with Crippen LogP contribution in [0.2, 0.25) is 0 Å². The molecule has 0 spiro atoms. The number of nitrogens with zero attached hydrogens (tertiary/aromatic N) is 1. The van der Waals surface area contributed by atoms with Gasteiger partial charge in [0.15, 0.2) is 14.9 Å². The molecule has 0 amide bonds. The zero-order valence-electron chi connectivity index (χ0n) is 10.9. The maximum absolute atomic E-state index is 11.3. The first-order chi connectivity index (χ1) is 9.02. The fourth-order valence-electron chi connectivity index (χ4n) is 3.08. The van der Waals surface area contributed by atoms with E-state index in [0.717, 1.165) is 24.1 Å². The fraction of sp³-hybridized carbons (Fsp3) is 0.500. The predicted octanol–water partition coefficient (Wildman–Crippen LogP) is 2.11. The van der Waals surface area contributed by atoms with E-state index in [9.17, 15) is 8.42 Å². The average Bonchev–Trinajstić information content (AvgIpc) is 2.98. The van der Waals surface area contributed by atoms with E-state index < -0.39 is 9.84 Å². The van der Waals surface area contributed by atoms with Crippen LogP contribution < -0.4 is 5.32 Å². The highest BCUT2D eigenvalue weighted by Gasteiger charge is 2.35. The van der Waals surface area contributed by atoms with Gasteiger partial charge in [-0.3, -0.25) is 0 Å². The van der Waals surface area contributed by atoms with Crippen molar-refractivity contribution in [2.75, 3.05) is 18.1 Å². The summed E-state index contributed by atoms with van der Waals surface area (Å²) in [7, 11) is -3.21. The van der Waals surface area contributed by atoms with Crippen molar-refractivity contribution < 1.29 is 8.42 Å². The van der Waals surface area contributed by atoms with Crippen LogP contribution in [-0.4, -0.2) is 26.2 Å². The molecular weight excluding hydrogens is 260 g/mol. The topological polar surface area (TPSA) is 59.1 Å². The number of pyridine rings is 1. The second kappa shape index (κ2) is 4.63. The zero-order chi connectivity index (χ0) is 13.5. The van der Waals surface area contributed by atoms with Gasteiger partial charge in [0.2, 0.25) is 0 Å². The Bertz CT molecular complexity index is 592. The standard InChI is InChI=1S/C14H18N2O2S/c1-19(17,18)14-5-4-13(9-16-14)15-8-12-7-10-2-3-11(12)6-10/h2-5,9-12,15H,6-8H2,1H3. The summed E-state index contributed by atoms with van der Waals surface area (Å²) in [5.74, 6) is 2.20. The molecule has 0 saturated heterocycles. The Kier molecular flexibility index (Phi) is 3.09.